The molecule has 0 aliphatic rings. The average molecular weight is 441 g/mol. The molecular weight excluding hydrogens is 388 g/mol. The molecule has 4 nitrogen and oxygen atoms in total. The first-order valence-corrected chi connectivity index (χ1v) is 13.0. The van der Waals surface area contributed by atoms with Crippen LogP contribution in [-0.2, 0) is 19.1 Å². The maximum absolute atomic E-state index is 12.6. The van der Waals surface area contributed by atoms with Crippen LogP contribution in [0.2, 0.25) is 0 Å². The number of carbonyl (C=O) groups is 2. The predicted octanol–water partition coefficient (Wildman–Crippen LogP) is 7.58. The summed E-state index contributed by atoms with van der Waals surface area (Å²) in [6.45, 7) is 17.6. The van der Waals surface area contributed by atoms with E-state index in [1.165, 1.54) is 0 Å². The molecule has 0 saturated carbocycles. The third-order valence-electron chi connectivity index (χ3n) is 6.73. The molecule has 4 atom stereocenters. The fourth-order valence-corrected chi connectivity index (χ4v) is 4.47. The lowest BCUT2D eigenvalue weighted by Gasteiger charge is -2.32. The zero-order valence-corrected chi connectivity index (χ0v) is 21.9. The van der Waals surface area contributed by atoms with Crippen LogP contribution in [0.3, 0.4) is 0 Å². The molecule has 0 spiro atoms. The summed E-state index contributed by atoms with van der Waals surface area (Å²) in [5, 5.41) is 0. The van der Waals surface area contributed by atoms with Gasteiger partial charge in [-0.25, -0.2) is 0 Å². The van der Waals surface area contributed by atoms with Crippen molar-refractivity contribution in [1.29, 1.82) is 0 Å². The lowest BCUT2D eigenvalue weighted by Crippen LogP contribution is -2.36. The van der Waals surface area contributed by atoms with E-state index in [2.05, 4.69) is 41.5 Å². The number of hydrogen-bond donors (Lipinski definition) is 0. The molecule has 0 saturated heterocycles. The van der Waals surface area contributed by atoms with Crippen molar-refractivity contribution in [3.63, 3.8) is 0 Å². The molecule has 31 heavy (non-hydrogen) atoms. The molecule has 4 unspecified atom stereocenters. The number of rotatable bonds is 18. The van der Waals surface area contributed by atoms with Crippen LogP contribution in [0.25, 0.3) is 0 Å². The highest BCUT2D eigenvalue weighted by atomic mass is 16.5. The van der Waals surface area contributed by atoms with Crippen molar-refractivity contribution in [3.05, 3.63) is 0 Å². The summed E-state index contributed by atoms with van der Waals surface area (Å²) >= 11 is 0. The summed E-state index contributed by atoms with van der Waals surface area (Å²) < 4.78 is 11.6. The lowest BCUT2D eigenvalue weighted by molar-refractivity contribution is -0.160. The number of unbranched alkanes of at least 4 members (excludes halogenated alkanes) is 1. The fourth-order valence-electron chi connectivity index (χ4n) is 4.47. The Balaban J connectivity index is 4.90. The van der Waals surface area contributed by atoms with Crippen molar-refractivity contribution in [2.45, 2.75) is 120 Å². The Bertz CT molecular complexity index is 452. The van der Waals surface area contributed by atoms with Gasteiger partial charge in [0.15, 0.2) is 0 Å². The van der Waals surface area contributed by atoms with Gasteiger partial charge in [0.1, 0.15) is 13.2 Å². The molecule has 0 rings (SSSR count). The first-order chi connectivity index (χ1) is 14.6. The second-order valence-corrected chi connectivity index (χ2v) is 10.2. The second kappa shape index (κ2) is 16.6. The largest absolute Gasteiger partial charge is 0.465 e. The SMILES string of the molecule is CCCCC(CC)(COC(=O)C(C)CC(C)CCC)COC(=O)C(C)CC(C)CCC. The summed E-state index contributed by atoms with van der Waals surface area (Å²) in [7, 11) is 0. The summed E-state index contributed by atoms with van der Waals surface area (Å²) in [4.78, 5) is 25.2. The van der Waals surface area contributed by atoms with Gasteiger partial charge in [-0.1, -0.05) is 93.9 Å². The van der Waals surface area contributed by atoms with Gasteiger partial charge in [0.2, 0.25) is 0 Å². The highest BCUT2D eigenvalue weighted by molar-refractivity contribution is 5.72. The van der Waals surface area contributed by atoms with Crippen molar-refractivity contribution in [2.24, 2.45) is 29.1 Å². The highest BCUT2D eigenvalue weighted by Crippen LogP contribution is 2.31. The molecule has 0 amide bonds. The van der Waals surface area contributed by atoms with Crippen molar-refractivity contribution in [1.82, 2.24) is 0 Å². The van der Waals surface area contributed by atoms with Crippen LogP contribution in [-0.4, -0.2) is 25.2 Å². The van der Waals surface area contributed by atoms with E-state index in [0.717, 1.165) is 64.2 Å². The highest BCUT2D eigenvalue weighted by Gasteiger charge is 2.33. The minimum Gasteiger partial charge on any atom is -0.465 e. The van der Waals surface area contributed by atoms with E-state index in [1.54, 1.807) is 0 Å². The minimum atomic E-state index is -0.287. The van der Waals surface area contributed by atoms with E-state index in [0.29, 0.717) is 25.0 Å². The molecule has 0 aliphatic carbocycles. The van der Waals surface area contributed by atoms with Crippen molar-refractivity contribution in [2.75, 3.05) is 13.2 Å². The Labute approximate surface area is 193 Å². The van der Waals surface area contributed by atoms with Crippen LogP contribution in [0.4, 0.5) is 0 Å². The minimum absolute atomic E-state index is 0.0927. The van der Waals surface area contributed by atoms with E-state index in [1.807, 2.05) is 13.8 Å². The summed E-state index contributed by atoms with van der Waals surface area (Å²) in [6.07, 6.45) is 10.1. The molecule has 4 heteroatoms. The number of carbonyl (C=O) groups excluding carboxylic acids is 2. The van der Waals surface area contributed by atoms with Crippen LogP contribution in [0, 0.1) is 29.1 Å². The van der Waals surface area contributed by atoms with Gasteiger partial charge in [-0.05, 0) is 37.5 Å². The molecule has 0 bridgehead atoms. The van der Waals surface area contributed by atoms with Gasteiger partial charge in [0.25, 0.3) is 0 Å². The quantitative estimate of drug-likeness (QED) is 0.206. The zero-order valence-electron chi connectivity index (χ0n) is 21.9. The molecule has 0 aromatic carbocycles. The van der Waals surface area contributed by atoms with Crippen molar-refractivity contribution >= 4 is 11.9 Å². The molecule has 0 aromatic rings. The molecule has 0 radical (unpaired) electrons. The first kappa shape index (κ1) is 29.9. The molecule has 0 N–H and O–H groups in total. The van der Waals surface area contributed by atoms with Crippen LogP contribution in [0.15, 0.2) is 0 Å². The molecule has 0 aromatic heterocycles. The monoisotopic (exact) mass is 440 g/mol. The molecule has 0 heterocycles. The van der Waals surface area contributed by atoms with Gasteiger partial charge in [-0.3, -0.25) is 9.59 Å². The van der Waals surface area contributed by atoms with Crippen molar-refractivity contribution < 1.29 is 19.1 Å². The Hall–Kier alpha value is -1.06. The standard InChI is InChI=1S/C27H52O4/c1-9-13-16-27(12-4,19-30-25(28)23(7)17-21(5)14-10-2)20-31-26(29)24(8)18-22(6)15-11-3/h21-24H,9-20H2,1-8H3. The summed E-state index contributed by atoms with van der Waals surface area (Å²) in [5.41, 5.74) is -0.287. The smallest absolute Gasteiger partial charge is 0.308 e. The average Bonchev–Trinajstić information content (AvgIpc) is 2.73. The number of ether oxygens (including phenoxy) is 2. The topological polar surface area (TPSA) is 52.6 Å². The predicted molar refractivity (Wildman–Crippen MR) is 130 cm³/mol. The van der Waals surface area contributed by atoms with Gasteiger partial charge in [-0.15, -0.1) is 0 Å². The van der Waals surface area contributed by atoms with Crippen LogP contribution >= 0.6 is 0 Å². The Morgan fingerprint density at radius 1 is 0.710 bits per heavy atom. The summed E-state index contributed by atoms with van der Waals surface area (Å²) in [5.74, 6) is 0.632. The van der Waals surface area contributed by atoms with Gasteiger partial charge < -0.3 is 9.47 Å². The molecule has 0 fully saturated rings. The van der Waals surface area contributed by atoms with E-state index in [4.69, 9.17) is 9.47 Å². The Kier molecular flexibility index (Phi) is 16.0. The third kappa shape index (κ3) is 12.5. The Morgan fingerprint density at radius 3 is 1.45 bits per heavy atom. The maximum Gasteiger partial charge on any atom is 0.308 e. The maximum atomic E-state index is 12.6. The normalized spacial score (nSPS) is 17.3. The second-order valence-electron chi connectivity index (χ2n) is 10.2. The summed E-state index contributed by atoms with van der Waals surface area (Å²) in [6, 6.07) is 0. The third-order valence-corrected chi connectivity index (χ3v) is 6.73. The Morgan fingerprint density at radius 2 is 1.13 bits per heavy atom. The fraction of sp³-hybridized carbons (Fsp3) is 0.926. The molecule has 184 valence electrons. The van der Waals surface area contributed by atoms with Gasteiger partial charge in [0.05, 0.1) is 11.8 Å². The van der Waals surface area contributed by atoms with Gasteiger partial charge >= 0.3 is 11.9 Å². The zero-order chi connectivity index (χ0) is 23.9. The van der Waals surface area contributed by atoms with Crippen LogP contribution in [0.5, 0.6) is 0 Å². The van der Waals surface area contributed by atoms with E-state index in [9.17, 15) is 9.59 Å². The van der Waals surface area contributed by atoms with Crippen molar-refractivity contribution in [3.8, 4) is 0 Å². The van der Waals surface area contributed by atoms with Crippen LogP contribution in [0.1, 0.15) is 120 Å². The van der Waals surface area contributed by atoms with E-state index < -0.39 is 0 Å². The van der Waals surface area contributed by atoms with Gasteiger partial charge in [-0.2, -0.15) is 0 Å². The molecular formula is C27H52O4. The van der Waals surface area contributed by atoms with E-state index >= 15 is 0 Å². The van der Waals surface area contributed by atoms with E-state index in [-0.39, 0.29) is 29.2 Å². The number of esters is 2. The first-order valence-electron chi connectivity index (χ1n) is 13.0. The number of hydrogen-bond acceptors (Lipinski definition) is 4. The lowest BCUT2D eigenvalue weighted by atomic mass is 9.81. The molecule has 0 aliphatic heterocycles. The van der Waals surface area contributed by atoms with Gasteiger partial charge in [0, 0.05) is 5.41 Å². The van der Waals surface area contributed by atoms with Crippen LogP contribution < -0.4 is 0 Å².